The molecule has 0 aliphatic rings. The summed E-state index contributed by atoms with van der Waals surface area (Å²) in [4.78, 5) is 24.4. The number of amides is 2. The minimum atomic E-state index is -1.15. The highest BCUT2D eigenvalue weighted by molar-refractivity contribution is 9.10. The molecule has 5 nitrogen and oxygen atoms in total. The van der Waals surface area contributed by atoms with E-state index in [-0.39, 0.29) is 11.8 Å². The number of carbonyl (C=O) groups excluding carboxylic acids is 2. The number of rotatable bonds is 7. The van der Waals surface area contributed by atoms with Gasteiger partial charge in [0.05, 0.1) is 5.69 Å². The van der Waals surface area contributed by atoms with Crippen LogP contribution in [0, 0.1) is 5.41 Å². The summed E-state index contributed by atoms with van der Waals surface area (Å²) in [5, 5.41) is 5.51. The van der Waals surface area contributed by atoms with Gasteiger partial charge in [0, 0.05) is 24.7 Å². The van der Waals surface area contributed by atoms with Crippen LogP contribution in [0.25, 0.3) is 0 Å². The average Bonchev–Trinajstić information content (AvgIpc) is 2.45. The molecule has 0 aliphatic carbocycles. The Morgan fingerprint density at radius 2 is 1.90 bits per heavy atom. The molecule has 21 heavy (non-hydrogen) atoms. The Morgan fingerprint density at radius 3 is 2.52 bits per heavy atom. The number of hydrogen-bond donors (Lipinski definition) is 2. The summed E-state index contributed by atoms with van der Waals surface area (Å²) >= 11 is 3.36. The summed E-state index contributed by atoms with van der Waals surface area (Å²) in [6, 6.07) is 7.27. The van der Waals surface area contributed by atoms with Crippen LogP contribution in [0.5, 0.6) is 0 Å². The molecule has 1 aromatic rings. The van der Waals surface area contributed by atoms with Gasteiger partial charge in [-0.15, -0.1) is 0 Å². The Labute approximate surface area is 133 Å². The van der Waals surface area contributed by atoms with Crippen LogP contribution < -0.4 is 10.6 Å². The molecule has 1 aromatic carbocycles. The van der Waals surface area contributed by atoms with Crippen molar-refractivity contribution < 1.29 is 14.3 Å². The molecule has 0 aliphatic heterocycles. The zero-order valence-corrected chi connectivity index (χ0v) is 14.1. The van der Waals surface area contributed by atoms with Gasteiger partial charge in [-0.1, -0.05) is 12.1 Å². The first-order valence-electron chi connectivity index (χ1n) is 6.73. The quantitative estimate of drug-likeness (QED) is 0.582. The SMILES string of the molecule is COCCCNC(=O)C(C)(C)C(=O)Nc1ccccc1Br. The third-order valence-corrected chi connectivity index (χ3v) is 3.76. The number of ether oxygens (including phenoxy) is 1. The number of halogens is 1. The molecule has 0 saturated heterocycles. The smallest absolute Gasteiger partial charge is 0.239 e. The van der Waals surface area contributed by atoms with Gasteiger partial charge in [0.1, 0.15) is 5.41 Å². The second-order valence-corrected chi connectivity index (χ2v) is 6.02. The van der Waals surface area contributed by atoms with Crippen molar-refractivity contribution >= 4 is 33.4 Å². The summed E-state index contributed by atoms with van der Waals surface area (Å²) in [5.41, 5.74) is -0.509. The fraction of sp³-hybridized carbons (Fsp3) is 0.467. The van der Waals surface area contributed by atoms with Gasteiger partial charge >= 0.3 is 0 Å². The molecule has 6 heteroatoms. The van der Waals surface area contributed by atoms with Gasteiger partial charge in [-0.25, -0.2) is 0 Å². The number of anilines is 1. The molecule has 2 amide bonds. The van der Waals surface area contributed by atoms with Gasteiger partial charge in [-0.05, 0) is 48.3 Å². The highest BCUT2D eigenvalue weighted by atomic mass is 79.9. The fourth-order valence-corrected chi connectivity index (χ4v) is 1.97. The molecule has 1 rings (SSSR count). The number of para-hydroxylation sites is 1. The van der Waals surface area contributed by atoms with Crippen LogP contribution in [0.15, 0.2) is 28.7 Å². The van der Waals surface area contributed by atoms with E-state index < -0.39 is 5.41 Å². The summed E-state index contributed by atoms with van der Waals surface area (Å²) in [5.74, 6) is -0.651. The molecular formula is C15H21BrN2O3. The van der Waals surface area contributed by atoms with Crippen molar-refractivity contribution in [1.82, 2.24) is 5.32 Å². The van der Waals surface area contributed by atoms with Crippen LogP contribution >= 0.6 is 15.9 Å². The first-order chi connectivity index (χ1) is 9.89. The Morgan fingerprint density at radius 1 is 1.24 bits per heavy atom. The maximum Gasteiger partial charge on any atom is 0.239 e. The number of nitrogens with one attached hydrogen (secondary N) is 2. The molecule has 0 atom stereocenters. The van der Waals surface area contributed by atoms with Crippen molar-refractivity contribution in [2.45, 2.75) is 20.3 Å². The molecule has 0 fully saturated rings. The largest absolute Gasteiger partial charge is 0.385 e. The van der Waals surface area contributed by atoms with Crippen LogP contribution in [-0.2, 0) is 14.3 Å². The van der Waals surface area contributed by atoms with Crippen LogP contribution in [-0.4, -0.2) is 32.1 Å². The fourth-order valence-electron chi connectivity index (χ4n) is 1.58. The van der Waals surface area contributed by atoms with E-state index >= 15 is 0 Å². The molecule has 0 aromatic heterocycles. The topological polar surface area (TPSA) is 67.4 Å². The first kappa shape index (κ1) is 17.7. The van der Waals surface area contributed by atoms with Crippen LogP contribution in [0.4, 0.5) is 5.69 Å². The number of methoxy groups -OCH3 is 1. The molecule has 0 spiro atoms. The van der Waals surface area contributed by atoms with E-state index in [1.165, 1.54) is 0 Å². The average molecular weight is 357 g/mol. The van der Waals surface area contributed by atoms with E-state index in [4.69, 9.17) is 4.74 Å². The van der Waals surface area contributed by atoms with E-state index in [9.17, 15) is 9.59 Å². The van der Waals surface area contributed by atoms with Crippen molar-refractivity contribution in [3.8, 4) is 0 Å². The highest BCUT2D eigenvalue weighted by Crippen LogP contribution is 2.24. The predicted molar refractivity (Wildman–Crippen MR) is 86.1 cm³/mol. The van der Waals surface area contributed by atoms with E-state index in [1.54, 1.807) is 27.0 Å². The van der Waals surface area contributed by atoms with Crippen LogP contribution in [0.1, 0.15) is 20.3 Å². The van der Waals surface area contributed by atoms with E-state index in [1.807, 2.05) is 18.2 Å². The van der Waals surface area contributed by atoms with Gasteiger partial charge in [-0.3, -0.25) is 9.59 Å². The predicted octanol–water partition coefficient (Wildman–Crippen LogP) is 2.57. The summed E-state index contributed by atoms with van der Waals surface area (Å²) in [6.07, 6.45) is 0.712. The molecule has 116 valence electrons. The molecule has 2 N–H and O–H groups in total. The van der Waals surface area contributed by atoms with Gasteiger partial charge in [0.25, 0.3) is 0 Å². The second kappa shape index (κ2) is 8.14. The van der Waals surface area contributed by atoms with Crippen LogP contribution in [0.3, 0.4) is 0 Å². The third kappa shape index (κ3) is 5.13. The van der Waals surface area contributed by atoms with E-state index in [2.05, 4.69) is 26.6 Å². The van der Waals surface area contributed by atoms with Gasteiger partial charge in [0.15, 0.2) is 0 Å². The number of benzene rings is 1. The lowest BCUT2D eigenvalue weighted by atomic mass is 9.91. The second-order valence-electron chi connectivity index (χ2n) is 5.16. The lowest BCUT2D eigenvalue weighted by Crippen LogP contribution is -2.45. The van der Waals surface area contributed by atoms with E-state index in [0.29, 0.717) is 25.3 Å². The van der Waals surface area contributed by atoms with Gasteiger partial charge in [-0.2, -0.15) is 0 Å². The van der Waals surface area contributed by atoms with Crippen molar-refractivity contribution in [3.05, 3.63) is 28.7 Å². The summed E-state index contributed by atoms with van der Waals surface area (Å²) in [7, 11) is 1.61. The zero-order valence-electron chi connectivity index (χ0n) is 12.5. The van der Waals surface area contributed by atoms with E-state index in [0.717, 1.165) is 4.47 Å². The molecule has 0 heterocycles. The Hall–Kier alpha value is -1.40. The zero-order chi connectivity index (χ0) is 15.9. The standard InChI is InChI=1S/C15H21BrN2O3/c1-15(2,13(19)17-9-6-10-21-3)14(20)18-12-8-5-4-7-11(12)16/h4-5,7-8H,6,9-10H2,1-3H3,(H,17,19)(H,18,20). The molecule has 0 unspecified atom stereocenters. The minimum absolute atomic E-state index is 0.303. The lowest BCUT2D eigenvalue weighted by molar-refractivity contribution is -0.138. The monoisotopic (exact) mass is 356 g/mol. The number of hydrogen-bond acceptors (Lipinski definition) is 3. The normalized spacial score (nSPS) is 11.0. The maximum absolute atomic E-state index is 12.3. The molecule has 0 saturated carbocycles. The highest BCUT2D eigenvalue weighted by Gasteiger charge is 2.36. The van der Waals surface area contributed by atoms with Gasteiger partial charge in [0.2, 0.25) is 11.8 Å². The molecule has 0 radical (unpaired) electrons. The first-order valence-corrected chi connectivity index (χ1v) is 7.52. The van der Waals surface area contributed by atoms with Crippen molar-refractivity contribution in [3.63, 3.8) is 0 Å². The third-order valence-electron chi connectivity index (χ3n) is 3.07. The van der Waals surface area contributed by atoms with Gasteiger partial charge < -0.3 is 15.4 Å². The maximum atomic E-state index is 12.3. The lowest BCUT2D eigenvalue weighted by Gasteiger charge is -2.23. The number of carbonyl (C=O) groups is 2. The Bertz CT molecular complexity index is 503. The van der Waals surface area contributed by atoms with Crippen molar-refractivity contribution in [1.29, 1.82) is 0 Å². The van der Waals surface area contributed by atoms with Crippen molar-refractivity contribution in [2.75, 3.05) is 25.6 Å². The van der Waals surface area contributed by atoms with Crippen LogP contribution in [0.2, 0.25) is 0 Å². The molecule has 0 bridgehead atoms. The summed E-state index contributed by atoms with van der Waals surface area (Å²) < 4.78 is 5.69. The van der Waals surface area contributed by atoms with Crippen molar-refractivity contribution in [2.24, 2.45) is 5.41 Å². The molecular weight excluding hydrogens is 336 g/mol. The summed E-state index contributed by atoms with van der Waals surface area (Å²) in [6.45, 7) is 4.26. The Balaban J connectivity index is 2.62. The minimum Gasteiger partial charge on any atom is -0.385 e. The Kier molecular flexibility index (Phi) is 6.84.